The number of rotatable bonds is 4. The van der Waals surface area contributed by atoms with Gasteiger partial charge in [0, 0.05) is 12.1 Å². The van der Waals surface area contributed by atoms with Gasteiger partial charge in [0.1, 0.15) is 5.76 Å². The maximum Gasteiger partial charge on any atom is 0.226 e. The van der Waals surface area contributed by atoms with Gasteiger partial charge in [-0.15, -0.1) is 0 Å². The zero-order valence-corrected chi connectivity index (χ0v) is 11.0. The lowest BCUT2D eigenvalue weighted by molar-refractivity contribution is -0.125. The van der Waals surface area contributed by atoms with Crippen LogP contribution in [-0.4, -0.2) is 23.0 Å². The van der Waals surface area contributed by atoms with E-state index in [9.17, 15) is 9.59 Å². The number of nitrogens with two attached hydrogens (primary N) is 1. The Hall–Kier alpha value is -1.85. The molecule has 0 bridgehead atoms. The van der Waals surface area contributed by atoms with Gasteiger partial charge in [0.15, 0.2) is 0 Å². The molecule has 2 amide bonds. The lowest BCUT2D eigenvalue weighted by Gasteiger charge is -2.29. The monoisotopic (exact) mass is 265 g/mol. The lowest BCUT2D eigenvalue weighted by Crippen LogP contribution is -2.47. The van der Waals surface area contributed by atoms with Crippen LogP contribution in [-0.2, 0) is 16.0 Å². The van der Waals surface area contributed by atoms with Crippen molar-refractivity contribution in [3.05, 3.63) is 17.5 Å². The maximum absolute atomic E-state index is 11.9. The molecule has 2 rings (SSSR count). The second-order valence-electron chi connectivity index (χ2n) is 5.07. The number of primary amides is 1. The zero-order chi connectivity index (χ0) is 13.8. The molecule has 0 saturated heterocycles. The summed E-state index contributed by atoms with van der Waals surface area (Å²) in [5.74, 6) is -0.0547. The van der Waals surface area contributed by atoms with Crippen molar-refractivity contribution in [3.63, 3.8) is 0 Å². The summed E-state index contributed by atoms with van der Waals surface area (Å²) in [5, 5.41) is 6.66. The van der Waals surface area contributed by atoms with Gasteiger partial charge < -0.3 is 15.6 Å². The van der Waals surface area contributed by atoms with Crippen LogP contribution < -0.4 is 11.1 Å². The molecule has 6 nitrogen and oxygen atoms in total. The summed E-state index contributed by atoms with van der Waals surface area (Å²) >= 11 is 0. The minimum absolute atomic E-state index is 0.147. The van der Waals surface area contributed by atoms with Gasteiger partial charge in [0.2, 0.25) is 11.8 Å². The first-order chi connectivity index (χ1) is 9.06. The molecule has 19 heavy (non-hydrogen) atoms. The van der Waals surface area contributed by atoms with Crippen LogP contribution in [0.15, 0.2) is 10.6 Å². The predicted molar refractivity (Wildman–Crippen MR) is 68.0 cm³/mol. The van der Waals surface area contributed by atoms with E-state index in [2.05, 4.69) is 10.5 Å². The van der Waals surface area contributed by atoms with E-state index in [4.69, 9.17) is 10.3 Å². The molecular formula is C13H19N3O3. The van der Waals surface area contributed by atoms with Gasteiger partial charge in [-0.05, 0) is 19.8 Å². The van der Waals surface area contributed by atoms with E-state index in [-0.39, 0.29) is 30.2 Å². The standard InChI is InChI=1S/C13H19N3O3/c1-8-6-9(16-19-8)7-12(17)15-11-5-3-2-4-10(11)13(14)18/h6,10-11H,2-5,7H2,1H3,(H2,14,18)(H,15,17). The molecule has 2 atom stereocenters. The van der Waals surface area contributed by atoms with Crippen LogP contribution >= 0.6 is 0 Å². The SMILES string of the molecule is Cc1cc(CC(=O)NC2CCCCC2C(N)=O)no1. The number of hydrogen-bond donors (Lipinski definition) is 2. The molecular weight excluding hydrogens is 246 g/mol. The Bertz CT molecular complexity index is 469. The molecule has 1 aliphatic rings. The van der Waals surface area contributed by atoms with Gasteiger partial charge in [-0.3, -0.25) is 9.59 Å². The fourth-order valence-corrected chi connectivity index (χ4v) is 2.57. The topological polar surface area (TPSA) is 98.2 Å². The second-order valence-corrected chi connectivity index (χ2v) is 5.07. The van der Waals surface area contributed by atoms with E-state index in [1.165, 1.54) is 0 Å². The normalized spacial score (nSPS) is 23.0. The first kappa shape index (κ1) is 13.6. The first-order valence-corrected chi connectivity index (χ1v) is 6.57. The van der Waals surface area contributed by atoms with Gasteiger partial charge in [-0.1, -0.05) is 18.0 Å². The quantitative estimate of drug-likeness (QED) is 0.836. The number of carbonyl (C=O) groups excluding carboxylic acids is 2. The Morgan fingerprint density at radius 2 is 2.21 bits per heavy atom. The van der Waals surface area contributed by atoms with Gasteiger partial charge in [-0.25, -0.2) is 0 Å². The Balaban J connectivity index is 1.91. The molecule has 3 N–H and O–H groups in total. The van der Waals surface area contributed by atoms with Crippen LogP contribution in [0.2, 0.25) is 0 Å². The minimum Gasteiger partial charge on any atom is -0.369 e. The number of amides is 2. The summed E-state index contributed by atoms with van der Waals surface area (Å²) in [6.07, 6.45) is 3.72. The van der Waals surface area contributed by atoms with E-state index < -0.39 is 0 Å². The highest BCUT2D eigenvalue weighted by Crippen LogP contribution is 2.24. The molecule has 0 spiro atoms. The van der Waals surface area contributed by atoms with Crippen molar-refractivity contribution in [1.82, 2.24) is 10.5 Å². The van der Waals surface area contributed by atoms with Gasteiger partial charge >= 0.3 is 0 Å². The number of hydrogen-bond acceptors (Lipinski definition) is 4. The van der Waals surface area contributed by atoms with Crippen molar-refractivity contribution in [2.75, 3.05) is 0 Å². The van der Waals surface area contributed by atoms with Crippen molar-refractivity contribution < 1.29 is 14.1 Å². The van der Waals surface area contributed by atoms with E-state index >= 15 is 0 Å². The van der Waals surface area contributed by atoms with E-state index in [1.807, 2.05) is 0 Å². The van der Waals surface area contributed by atoms with Crippen LogP contribution in [0.5, 0.6) is 0 Å². The highest BCUT2D eigenvalue weighted by molar-refractivity contribution is 5.81. The molecule has 0 aliphatic heterocycles. The van der Waals surface area contributed by atoms with Crippen molar-refractivity contribution in [1.29, 1.82) is 0 Å². The molecule has 1 fully saturated rings. The molecule has 1 saturated carbocycles. The average Bonchev–Trinajstić information content (AvgIpc) is 2.75. The summed E-state index contributed by atoms with van der Waals surface area (Å²) in [5.41, 5.74) is 5.97. The Morgan fingerprint density at radius 3 is 2.84 bits per heavy atom. The summed E-state index contributed by atoms with van der Waals surface area (Å²) in [6, 6.07) is 1.58. The Morgan fingerprint density at radius 1 is 1.47 bits per heavy atom. The van der Waals surface area contributed by atoms with E-state index in [0.717, 1.165) is 25.7 Å². The first-order valence-electron chi connectivity index (χ1n) is 6.57. The smallest absolute Gasteiger partial charge is 0.226 e. The van der Waals surface area contributed by atoms with Crippen molar-refractivity contribution in [2.24, 2.45) is 11.7 Å². The predicted octanol–water partition coefficient (Wildman–Crippen LogP) is 0.686. The molecule has 6 heteroatoms. The lowest BCUT2D eigenvalue weighted by atomic mass is 9.84. The van der Waals surface area contributed by atoms with Crippen LogP contribution in [0.25, 0.3) is 0 Å². The third-order valence-electron chi connectivity index (χ3n) is 3.50. The molecule has 2 unspecified atom stereocenters. The number of carbonyl (C=O) groups is 2. The fourth-order valence-electron chi connectivity index (χ4n) is 2.57. The minimum atomic E-state index is -0.331. The molecule has 1 aromatic rings. The number of aromatic nitrogens is 1. The third kappa shape index (κ3) is 3.56. The van der Waals surface area contributed by atoms with Gasteiger partial charge in [0.25, 0.3) is 0 Å². The molecule has 104 valence electrons. The highest BCUT2D eigenvalue weighted by atomic mass is 16.5. The zero-order valence-electron chi connectivity index (χ0n) is 11.0. The Labute approximate surface area is 111 Å². The largest absolute Gasteiger partial charge is 0.369 e. The maximum atomic E-state index is 11.9. The summed E-state index contributed by atoms with van der Waals surface area (Å²) in [7, 11) is 0. The van der Waals surface area contributed by atoms with E-state index in [1.54, 1.807) is 13.0 Å². The summed E-state index contributed by atoms with van der Waals surface area (Å²) in [4.78, 5) is 23.3. The van der Waals surface area contributed by atoms with Crippen molar-refractivity contribution in [2.45, 2.75) is 45.1 Å². The van der Waals surface area contributed by atoms with Crippen molar-refractivity contribution in [3.8, 4) is 0 Å². The molecule has 1 heterocycles. The molecule has 0 aromatic carbocycles. The van der Waals surface area contributed by atoms with Gasteiger partial charge in [-0.2, -0.15) is 0 Å². The third-order valence-corrected chi connectivity index (χ3v) is 3.50. The van der Waals surface area contributed by atoms with Crippen molar-refractivity contribution >= 4 is 11.8 Å². The van der Waals surface area contributed by atoms with E-state index in [0.29, 0.717) is 11.5 Å². The molecule has 1 aromatic heterocycles. The van der Waals surface area contributed by atoms with Gasteiger partial charge in [0.05, 0.1) is 18.0 Å². The number of nitrogens with zero attached hydrogens (tertiary/aromatic N) is 1. The Kier molecular flexibility index (Phi) is 4.19. The van der Waals surface area contributed by atoms with Crippen LogP contribution in [0.4, 0.5) is 0 Å². The highest BCUT2D eigenvalue weighted by Gasteiger charge is 2.30. The molecule has 0 radical (unpaired) electrons. The average molecular weight is 265 g/mol. The second kappa shape index (κ2) is 5.86. The van der Waals surface area contributed by atoms with Crippen LogP contribution in [0.1, 0.15) is 37.1 Å². The fraction of sp³-hybridized carbons (Fsp3) is 0.615. The molecule has 1 aliphatic carbocycles. The van der Waals surface area contributed by atoms with Crippen LogP contribution in [0.3, 0.4) is 0 Å². The van der Waals surface area contributed by atoms with Crippen LogP contribution in [0, 0.1) is 12.8 Å². The number of aryl methyl sites for hydroxylation is 1. The summed E-state index contributed by atoms with van der Waals surface area (Å²) < 4.78 is 4.91. The number of nitrogens with one attached hydrogen (secondary N) is 1. The summed E-state index contributed by atoms with van der Waals surface area (Å²) in [6.45, 7) is 1.78.